The summed E-state index contributed by atoms with van der Waals surface area (Å²) in [4.78, 5) is 24.5. The molecule has 110 valence electrons. The monoisotopic (exact) mass is 325 g/mol. The van der Waals surface area contributed by atoms with Crippen LogP contribution in [0.3, 0.4) is 0 Å². The summed E-state index contributed by atoms with van der Waals surface area (Å²) >= 11 is 11.9. The van der Waals surface area contributed by atoms with Crippen LogP contribution in [0.15, 0.2) is 18.2 Å². The Hall–Kier alpha value is -1.26. The molecule has 1 aromatic rings. The van der Waals surface area contributed by atoms with Gasteiger partial charge in [-0.25, -0.2) is 0 Å². The summed E-state index contributed by atoms with van der Waals surface area (Å²) in [6.07, 6.45) is 1.75. The molecule has 3 aliphatic rings. The number of anilines is 1. The molecule has 2 aliphatic carbocycles. The number of carbonyl (C=O) groups is 2. The topological polar surface area (TPSA) is 55.4 Å². The van der Waals surface area contributed by atoms with Crippen molar-refractivity contribution in [3.63, 3.8) is 0 Å². The van der Waals surface area contributed by atoms with Crippen LogP contribution in [0.25, 0.3) is 0 Å². The Bertz CT molecular complexity index is 646. The van der Waals surface area contributed by atoms with E-state index in [9.17, 15) is 9.59 Å². The van der Waals surface area contributed by atoms with Crippen LogP contribution in [0.5, 0.6) is 0 Å². The van der Waals surface area contributed by atoms with Crippen LogP contribution >= 0.6 is 23.2 Å². The molecule has 3 fully saturated rings. The van der Waals surface area contributed by atoms with E-state index in [-0.39, 0.29) is 41.7 Å². The summed E-state index contributed by atoms with van der Waals surface area (Å²) in [5, 5.41) is 3.74. The third-order valence-electron chi connectivity index (χ3n) is 4.97. The van der Waals surface area contributed by atoms with E-state index in [1.807, 2.05) is 0 Å². The second-order valence-electron chi connectivity index (χ2n) is 6.04. The standard InChI is InChI=1S/C15H13Cl2NO3/c16-7-1-2-10(9(17)5-7)18-14(19)12-6-3-8-11(4-6)21-15(20)13(8)12/h1-2,5-6,8,11-13H,3-4H2,(H,18,19)/t6-,8+,11-,12-,13+/m1/s1. The zero-order chi connectivity index (χ0) is 14.7. The van der Waals surface area contributed by atoms with Gasteiger partial charge in [0.2, 0.25) is 5.91 Å². The van der Waals surface area contributed by atoms with Crippen molar-refractivity contribution in [3.8, 4) is 0 Å². The van der Waals surface area contributed by atoms with Gasteiger partial charge in [0.15, 0.2) is 0 Å². The van der Waals surface area contributed by atoms with E-state index in [1.54, 1.807) is 18.2 Å². The third-order valence-corrected chi connectivity index (χ3v) is 5.52. The predicted molar refractivity (Wildman–Crippen MR) is 78.2 cm³/mol. The highest BCUT2D eigenvalue weighted by molar-refractivity contribution is 6.36. The van der Waals surface area contributed by atoms with E-state index in [2.05, 4.69) is 5.32 Å². The van der Waals surface area contributed by atoms with Crippen LogP contribution in [0.1, 0.15) is 12.8 Å². The van der Waals surface area contributed by atoms with E-state index < -0.39 is 0 Å². The summed E-state index contributed by atoms with van der Waals surface area (Å²) in [5.74, 6) is -0.476. The summed E-state index contributed by atoms with van der Waals surface area (Å²) in [6, 6.07) is 4.93. The van der Waals surface area contributed by atoms with Crippen molar-refractivity contribution >= 4 is 40.8 Å². The molecule has 1 amide bonds. The molecule has 0 spiro atoms. The Morgan fingerprint density at radius 1 is 1.29 bits per heavy atom. The van der Waals surface area contributed by atoms with Gasteiger partial charge in [0.1, 0.15) is 6.10 Å². The molecule has 1 N–H and O–H groups in total. The summed E-state index contributed by atoms with van der Waals surface area (Å²) in [6.45, 7) is 0. The normalized spacial score (nSPS) is 35.9. The van der Waals surface area contributed by atoms with Crippen LogP contribution in [-0.4, -0.2) is 18.0 Å². The van der Waals surface area contributed by atoms with Gasteiger partial charge >= 0.3 is 5.97 Å². The molecule has 0 unspecified atom stereocenters. The number of benzene rings is 1. The number of amides is 1. The van der Waals surface area contributed by atoms with Crippen molar-refractivity contribution < 1.29 is 14.3 Å². The first kappa shape index (κ1) is 13.4. The van der Waals surface area contributed by atoms with E-state index in [1.165, 1.54) is 0 Å². The van der Waals surface area contributed by atoms with Gasteiger partial charge in [-0.1, -0.05) is 23.2 Å². The summed E-state index contributed by atoms with van der Waals surface area (Å²) < 4.78 is 5.35. The first-order valence-corrected chi connectivity index (χ1v) is 7.76. The van der Waals surface area contributed by atoms with Crippen LogP contribution < -0.4 is 5.32 Å². The molecule has 2 bridgehead atoms. The molecule has 1 heterocycles. The molecular weight excluding hydrogens is 313 g/mol. The average molecular weight is 326 g/mol. The first-order chi connectivity index (χ1) is 10.0. The van der Waals surface area contributed by atoms with Crippen LogP contribution in [0.2, 0.25) is 10.0 Å². The Morgan fingerprint density at radius 2 is 2.10 bits per heavy atom. The SMILES string of the molecule is O=C(Nc1ccc(Cl)cc1Cl)[C@@H]1[C@@H]2C[C@@H]3[C@@H]1C(=O)O[C@@H]3C2. The number of esters is 1. The molecule has 21 heavy (non-hydrogen) atoms. The number of rotatable bonds is 2. The number of fused-ring (bicyclic) bond motifs is 1. The number of nitrogens with one attached hydrogen (secondary N) is 1. The Labute approximate surface area is 131 Å². The smallest absolute Gasteiger partial charge is 0.310 e. The van der Waals surface area contributed by atoms with Crippen molar-refractivity contribution in [2.45, 2.75) is 18.9 Å². The number of ether oxygens (including phenoxy) is 1. The molecule has 4 rings (SSSR count). The Morgan fingerprint density at radius 3 is 2.86 bits per heavy atom. The highest BCUT2D eigenvalue weighted by atomic mass is 35.5. The van der Waals surface area contributed by atoms with Gasteiger partial charge < -0.3 is 10.1 Å². The fourth-order valence-electron chi connectivity index (χ4n) is 4.17. The van der Waals surface area contributed by atoms with Crippen LogP contribution in [-0.2, 0) is 14.3 Å². The molecule has 2 saturated carbocycles. The maximum absolute atomic E-state index is 12.6. The second-order valence-corrected chi connectivity index (χ2v) is 6.88. The van der Waals surface area contributed by atoms with Crippen molar-refractivity contribution in [1.29, 1.82) is 0 Å². The number of carbonyl (C=O) groups excluding carboxylic acids is 2. The minimum Gasteiger partial charge on any atom is -0.462 e. The highest BCUT2D eigenvalue weighted by Crippen LogP contribution is 2.57. The van der Waals surface area contributed by atoms with E-state index in [0.717, 1.165) is 12.8 Å². The van der Waals surface area contributed by atoms with Crippen molar-refractivity contribution in [3.05, 3.63) is 28.2 Å². The van der Waals surface area contributed by atoms with Crippen LogP contribution in [0.4, 0.5) is 5.69 Å². The average Bonchev–Trinajstić information content (AvgIpc) is 3.02. The van der Waals surface area contributed by atoms with Gasteiger partial charge in [-0.05, 0) is 37.0 Å². The largest absolute Gasteiger partial charge is 0.462 e. The molecule has 6 heteroatoms. The number of hydrogen-bond acceptors (Lipinski definition) is 3. The van der Waals surface area contributed by atoms with E-state index in [4.69, 9.17) is 27.9 Å². The van der Waals surface area contributed by atoms with E-state index >= 15 is 0 Å². The molecule has 0 radical (unpaired) electrons. The molecule has 4 nitrogen and oxygen atoms in total. The van der Waals surface area contributed by atoms with Crippen molar-refractivity contribution in [2.75, 3.05) is 5.32 Å². The van der Waals surface area contributed by atoms with Gasteiger partial charge in [-0.3, -0.25) is 9.59 Å². The Kier molecular flexibility index (Phi) is 2.95. The van der Waals surface area contributed by atoms with Gasteiger partial charge in [0, 0.05) is 10.9 Å². The maximum Gasteiger partial charge on any atom is 0.310 e. The number of halogens is 2. The van der Waals surface area contributed by atoms with Crippen molar-refractivity contribution in [2.24, 2.45) is 23.7 Å². The second kappa shape index (κ2) is 4.62. The third kappa shape index (κ3) is 1.96. The lowest BCUT2D eigenvalue weighted by molar-refractivity contribution is -0.145. The summed E-state index contributed by atoms with van der Waals surface area (Å²) in [5.41, 5.74) is 0.525. The molecule has 1 saturated heterocycles. The lowest BCUT2D eigenvalue weighted by atomic mass is 9.79. The fraction of sp³-hybridized carbons (Fsp3) is 0.467. The number of hydrogen-bond donors (Lipinski definition) is 1. The quantitative estimate of drug-likeness (QED) is 0.850. The molecular formula is C15H13Cl2NO3. The van der Waals surface area contributed by atoms with Crippen molar-refractivity contribution in [1.82, 2.24) is 0 Å². The van der Waals surface area contributed by atoms with Crippen LogP contribution in [0, 0.1) is 23.7 Å². The molecule has 1 aromatic carbocycles. The predicted octanol–water partition coefficient (Wildman–Crippen LogP) is 3.13. The minimum atomic E-state index is -0.298. The molecule has 5 atom stereocenters. The highest BCUT2D eigenvalue weighted by Gasteiger charge is 2.63. The molecule has 0 aromatic heterocycles. The van der Waals surface area contributed by atoms with E-state index in [0.29, 0.717) is 15.7 Å². The zero-order valence-electron chi connectivity index (χ0n) is 11.0. The van der Waals surface area contributed by atoms with Gasteiger partial charge in [-0.15, -0.1) is 0 Å². The Balaban J connectivity index is 1.57. The van der Waals surface area contributed by atoms with Gasteiger partial charge in [0.05, 0.1) is 22.5 Å². The van der Waals surface area contributed by atoms with Gasteiger partial charge in [-0.2, -0.15) is 0 Å². The summed E-state index contributed by atoms with van der Waals surface area (Å²) in [7, 11) is 0. The maximum atomic E-state index is 12.6. The molecule has 1 aliphatic heterocycles. The zero-order valence-corrected chi connectivity index (χ0v) is 12.5. The lowest BCUT2D eigenvalue weighted by Gasteiger charge is -2.23. The first-order valence-electron chi connectivity index (χ1n) is 7.01. The minimum absolute atomic E-state index is 0.0377. The lowest BCUT2D eigenvalue weighted by Crippen LogP contribution is -2.35. The van der Waals surface area contributed by atoms with Gasteiger partial charge in [0.25, 0.3) is 0 Å². The fourth-order valence-corrected chi connectivity index (χ4v) is 4.63.